The summed E-state index contributed by atoms with van der Waals surface area (Å²) in [6.45, 7) is 3.05. The number of hydrogen-bond donors (Lipinski definition) is 3. The molecule has 1 amide bonds. The van der Waals surface area contributed by atoms with Gasteiger partial charge in [-0.05, 0) is 60.7 Å². The van der Waals surface area contributed by atoms with Crippen LogP contribution < -0.4 is 10.8 Å². The highest BCUT2D eigenvalue weighted by atomic mass is 127. The summed E-state index contributed by atoms with van der Waals surface area (Å²) in [6, 6.07) is 5.29. The molecule has 0 aliphatic rings. The number of carbonyl (C=O) groups is 1. The molecule has 0 radical (unpaired) electrons. The minimum Gasteiger partial charge on any atom is -0.390 e. The Morgan fingerprint density at radius 2 is 1.93 bits per heavy atom. The van der Waals surface area contributed by atoms with Gasteiger partial charge in [0.15, 0.2) is 17.5 Å². The Bertz CT molecular complexity index is 891. The van der Waals surface area contributed by atoms with Crippen molar-refractivity contribution in [3.63, 3.8) is 0 Å². The van der Waals surface area contributed by atoms with E-state index in [9.17, 15) is 23.1 Å². The molecule has 0 aliphatic carbocycles. The first-order valence-corrected chi connectivity index (χ1v) is 9.49. The predicted molar refractivity (Wildman–Crippen MR) is 108 cm³/mol. The summed E-state index contributed by atoms with van der Waals surface area (Å²) in [4.78, 5) is 17.2. The maximum Gasteiger partial charge on any atom is 0.277 e. The molecule has 152 valence electrons. The van der Waals surface area contributed by atoms with Crippen LogP contribution in [0.15, 0.2) is 24.3 Å². The Morgan fingerprint density at radius 1 is 1.25 bits per heavy atom. The first kappa shape index (κ1) is 22.7. The molecule has 0 atom stereocenters. The van der Waals surface area contributed by atoms with Crippen LogP contribution in [-0.2, 0) is 4.84 Å². The Hall–Kier alpha value is -1.56. The van der Waals surface area contributed by atoms with E-state index in [0.29, 0.717) is 6.07 Å². The van der Waals surface area contributed by atoms with Crippen molar-refractivity contribution < 1.29 is 27.9 Å². The Balaban J connectivity index is 2.29. The number of nitrogens with one attached hydrogen (secondary N) is 2. The lowest BCUT2D eigenvalue weighted by atomic mass is 10.1. The fourth-order valence-corrected chi connectivity index (χ4v) is 3.00. The van der Waals surface area contributed by atoms with Gasteiger partial charge in [-0.1, -0.05) is 11.6 Å². The molecule has 0 spiro atoms. The van der Waals surface area contributed by atoms with Crippen LogP contribution in [0.4, 0.5) is 24.5 Å². The summed E-state index contributed by atoms with van der Waals surface area (Å²) in [6.07, 6.45) is 0.197. The zero-order chi connectivity index (χ0) is 21.1. The van der Waals surface area contributed by atoms with Crippen molar-refractivity contribution in [3.05, 3.63) is 55.9 Å². The van der Waals surface area contributed by atoms with Gasteiger partial charge < -0.3 is 10.4 Å². The molecular formula is C18H17ClF3IN2O3. The van der Waals surface area contributed by atoms with E-state index in [-0.39, 0.29) is 23.7 Å². The second kappa shape index (κ2) is 9.29. The van der Waals surface area contributed by atoms with E-state index in [4.69, 9.17) is 16.4 Å². The van der Waals surface area contributed by atoms with Gasteiger partial charge >= 0.3 is 0 Å². The van der Waals surface area contributed by atoms with Crippen LogP contribution in [0.5, 0.6) is 0 Å². The van der Waals surface area contributed by atoms with E-state index in [0.717, 1.165) is 3.57 Å². The second-order valence-electron chi connectivity index (χ2n) is 6.50. The van der Waals surface area contributed by atoms with Crippen LogP contribution in [0.25, 0.3) is 0 Å². The lowest BCUT2D eigenvalue weighted by molar-refractivity contribution is -0.00571. The van der Waals surface area contributed by atoms with Crippen LogP contribution in [-0.4, -0.2) is 23.2 Å². The minimum absolute atomic E-state index is 0.0485. The van der Waals surface area contributed by atoms with Gasteiger partial charge in [0, 0.05) is 9.99 Å². The van der Waals surface area contributed by atoms with Crippen molar-refractivity contribution in [2.75, 3.05) is 11.9 Å². The molecule has 0 bridgehead atoms. The van der Waals surface area contributed by atoms with Crippen LogP contribution in [0.3, 0.4) is 0 Å². The van der Waals surface area contributed by atoms with E-state index in [1.165, 1.54) is 6.07 Å². The number of amides is 1. The summed E-state index contributed by atoms with van der Waals surface area (Å²) in [5.41, 5.74) is 0.0815. The second-order valence-corrected chi connectivity index (χ2v) is 8.15. The van der Waals surface area contributed by atoms with E-state index >= 15 is 0 Å². The molecule has 3 N–H and O–H groups in total. The molecule has 0 unspecified atom stereocenters. The lowest BCUT2D eigenvalue weighted by Crippen LogP contribution is -2.29. The highest BCUT2D eigenvalue weighted by molar-refractivity contribution is 14.1. The Morgan fingerprint density at radius 3 is 2.54 bits per heavy atom. The SMILES string of the molecule is CC(C)(O)CCONC(=O)c1cc(F)c(F)c(F)c1Nc1ccc(I)cc1Cl. The van der Waals surface area contributed by atoms with Gasteiger partial charge in [-0.15, -0.1) is 0 Å². The van der Waals surface area contributed by atoms with Crippen molar-refractivity contribution in [3.8, 4) is 0 Å². The fraction of sp³-hybridized carbons (Fsp3) is 0.278. The average Bonchev–Trinajstić information content (AvgIpc) is 2.59. The van der Waals surface area contributed by atoms with Gasteiger partial charge in [0.05, 0.1) is 34.2 Å². The van der Waals surface area contributed by atoms with Crippen molar-refractivity contribution in [1.82, 2.24) is 5.48 Å². The molecule has 0 aliphatic heterocycles. The number of aliphatic hydroxyl groups is 1. The first-order valence-electron chi connectivity index (χ1n) is 8.03. The zero-order valence-corrected chi connectivity index (χ0v) is 17.8. The highest BCUT2D eigenvalue weighted by Crippen LogP contribution is 2.32. The van der Waals surface area contributed by atoms with Gasteiger partial charge in [-0.2, -0.15) is 0 Å². The topological polar surface area (TPSA) is 70.6 Å². The number of hydroxylamine groups is 1. The number of benzene rings is 2. The number of hydrogen-bond acceptors (Lipinski definition) is 4. The number of halogens is 5. The monoisotopic (exact) mass is 528 g/mol. The van der Waals surface area contributed by atoms with E-state index < -0.39 is 40.2 Å². The van der Waals surface area contributed by atoms with Gasteiger partial charge in [0.25, 0.3) is 5.91 Å². The van der Waals surface area contributed by atoms with Crippen LogP contribution >= 0.6 is 34.2 Å². The van der Waals surface area contributed by atoms with E-state index in [1.807, 2.05) is 28.1 Å². The number of anilines is 2. The molecule has 2 rings (SSSR count). The summed E-state index contributed by atoms with van der Waals surface area (Å²) in [7, 11) is 0. The van der Waals surface area contributed by atoms with Crippen molar-refractivity contribution in [2.24, 2.45) is 0 Å². The van der Waals surface area contributed by atoms with Crippen molar-refractivity contribution in [2.45, 2.75) is 25.9 Å². The lowest BCUT2D eigenvalue weighted by Gasteiger charge is -2.17. The van der Waals surface area contributed by atoms with E-state index in [2.05, 4.69) is 5.32 Å². The van der Waals surface area contributed by atoms with Crippen LogP contribution in [0.2, 0.25) is 5.02 Å². The molecule has 0 saturated carbocycles. The quantitative estimate of drug-likeness (QED) is 0.206. The highest BCUT2D eigenvalue weighted by Gasteiger charge is 2.24. The van der Waals surface area contributed by atoms with Gasteiger partial charge in [0.1, 0.15) is 0 Å². The zero-order valence-electron chi connectivity index (χ0n) is 14.9. The molecule has 2 aromatic rings. The molecule has 0 heterocycles. The van der Waals surface area contributed by atoms with Gasteiger partial charge in [-0.3, -0.25) is 9.63 Å². The maximum absolute atomic E-state index is 14.3. The number of rotatable bonds is 7. The Kier molecular flexibility index (Phi) is 7.54. The molecule has 0 aromatic heterocycles. The molecular weight excluding hydrogens is 512 g/mol. The third-order valence-corrected chi connectivity index (χ3v) is 4.56. The van der Waals surface area contributed by atoms with Crippen molar-refractivity contribution in [1.29, 1.82) is 0 Å². The molecule has 0 saturated heterocycles. The molecule has 5 nitrogen and oxygen atoms in total. The maximum atomic E-state index is 14.3. The molecule has 10 heteroatoms. The van der Waals surface area contributed by atoms with E-state index in [1.54, 1.807) is 26.0 Å². The largest absolute Gasteiger partial charge is 0.390 e. The standard InChI is InChI=1S/C18H17ClF3IN2O3/c1-18(2,27)5-6-28-25-17(26)10-8-12(20)14(21)15(22)16(10)24-13-4-3-9(23)7-11(13)19/h3-4,7-8,24,27H,5-6H2,1-2H3,(H,25,26). The average molecular weight is 529 g/mol. The number of carbonyl (C=O) groups excluding carboxylic acids is 1. The van der Waals surface area contributed by atoms with Crippen LogP contribution in [0, 0.1) is 21.0 Å². The van der Waals surface area contributed by atoms with Gasteiger partial charge in [0.2, 0.25) is 0 Å². The smallest absolute Gasteiger partial charge is 0.277 e. The first-order chi connectivity index (χ1) is 13.0. The van der Waals surface area contributed by atoms with Crippen LogP contribution in [0.1, 0.15) is 30.6 Å². The summed E-state index contributed by atoms with van der Waals surface area (Å²) >= 11 is 8.09. The third-order valence-electron chi connectivity index (χ3n) is 3.58. The Labute approximate surface area is 178 Å². The third kappa shape index (κ3) is 5.97. The minimum atomic E-state index is -1.73. The summed E-state index contributed by atoms with van der Waals surface area (Å²) < 4.78 is 42.5. The fourth-order valence-electron chi connectivity index (χ4n) is 2.09. The molecule has 28 heavy (non-hydrogen) atoms. The normalized spacial score (nSPS) is 11.4. The van der Waals surface area contributed by atoms with Crippen molar-refractivity contribution >= 4 is 51.5 Å². The van der Waals surface area contributed by atoms with Gasteiger partial charge in [-0.25, -0.2) is 18.7 Å². The molecule has 2 aromatic carbocycles. The molecule has 0 fully saturated rings. The predicted octanol–water partition coefficient (Wildman–Crippen LogP) is 4.93. The summed E-state index contributed by atoms with van der Waals surface area (Å²) in [5, 5.41) is 12.3. The summed E-state index contributed by atoms with van der Waals surface area (Å²) in [5.74, 6) is -5.84.